The maximum atomic E-state index is 12.3. The van der Waals surface area contributed by atoms with Crippen molar-refractivity contribution in [3.8, 4) is 0 Å². The van der Waals surface area contributed by atoms with Crippen LogP contribution in [-0.4, -0.2) is 48.5 Å². The minimum absolute atomic E-state index is 0.0217. The van der Waals surface area contributed by atoms with E-state index in [1.54, 1.807) is 6.07 Å². The van der Waals surface area contributed by atoms with Crippen LogP contribution in [0.15, 0.2) is 63.8 Å². The van der Waals surface area contributed by atoms with E-state index in [9.17, 15) is 19.7 Å². The van der Waals surface area contributed by atoms with Crippen molar-refractivity contribution in [2.45, 2.75) is 0 Å². The van der Waals surface area contributed by atoms with E-state index in [0.29, 0.717) is 37.4 Å². The van der Waals surface area contributed by atoms with Crippen LogP contribution in [0.2, 0.25) is 0 Å². The summed E-state index contributed by atoms with van der Waals surface area (Å²) in [5.41, 5.74) is 1.52. The topological polar surface area (TPSA) is 109 Å². The minimum Gasteiger partial charge on any atom is -0.423 e. The SMILES string of the molecule is O=C(CN1CCN(c2cc(=O)oc3ccccc23)CC1)Nc1ccc([N+](=O)[O-])cc1. The van der Waals surface area contributed by atoms with E-state index in [2.05, 4.69) is 10.2 Å². The maximum absolute atomic E-state index is 12.3. The Labute approximate surface area is 171 Å². The number of carbonyl (C=O) groups is 1. The molecule has 0 unspecified atom stereocenters. The molecule has 1 saturated heterocycles. The molecule has 0 radical (unpaired) electrons. The van der Waals surface area contributed by atoms with Crippen molar-refractivity contribution in [3.05, 3.63) is 75.1 Å². The number of carbonyl (C=O) groups excluding carboxylic acids is 1. The van der Waals surface area contributed by atoms with E-state index < -0.39 is 4.92 Å². The number of para-hydroxylation sites is 1. The lowest BCUT2D eigenvalue weighted by Gasteiger charge is -2.36. The number of nitrogens with one attached hydrogen (secondary N) is 1. The van der Waals surface area contributed by atoms with Crippen LogP contribution in [0.25, 0.3) is 11.0 Å². The first-order valence-corrected chi connectivity index (χ1v) is 9.54. The van der Waals surface area contributed by atoms with Crippen LogP contribution in [0.5, 0.6) is 0 Å². The Kier molecular flexibility index (Phi) is 5.44. The third-order valence-corrected chi connectivity index (χ3v) is 5.07. The molecule has 0 atom stereocenters. The zero-order valence-corrected chi connectivity index (χ0v) is 16.1. The van der Waals surface area contributed by atoms with E-state index in [-0.39, 0.29) is 23.8 Å². The highest BCUT2D eigenvalue weighted by molar-refractivity contribution is 5.92. The van der Waals surface area contributed by atoms with Crippen molar-refractivity contribution in [1.82, 2.24) is 4.90 Å². The van der Waals surface area contributed by atoms with Crippen LogP contribution >= 0.6 is 0 Å². The lowest BCUT2D eigenvalue weighted by Crippen LogP contribution is -2.48. The second kappa shape index (κ2) is 8.34. The van der Waals surface area contributed by atoms with Gasteiger partial charge in [0.1, 0.15) is 5.58 Å². The Morgan fingerprint density at radius 1 is 1.07 bits per heavy atom. The fraction of sp³-hybridized carbons (Fsp3) is 0.238. The number of anilines is 2. The van der Waals surface area contributed by atoms with Gasteiger partial charge in [-0.2, -0.15) is 0 Å². The molecule has 0 bridgehead atoms. The highest BCUT2D eigenvalue weighted by Crippen LogP contribution is 2.25. The number of amides is 1. The number of nitro benzene ring substituents is 1. The molecule has 3 aromatic rings. The smallest absolute Gasteiger partial charge is 0.338 e. The molecule has 30 heavy (non-hydrogen) atoms. The third kappa shape index (κ3) is 4.31. The number of hydrogen-bond acceptors (Lipinski definition) is 7. The Morgan fingerprint density at radius 3 is 2.47 bits per heavy atom. The van der Waals surface area contributed by atoms with Crippen molar-refractivity contribution in [2.24, 2.45) is 0 Å². The fourth-order valence-corrected chi connectivity index (χ4v) is 3.57. The van der Waals surface area contributed by atoms with Crippen LogP contribution in [0.3, 0.4) is 0 Å². The van der Waals surface area contributed by atoms with E-state index in [1.165, 1.54) is 30.3 Å². The third-order valence-electron chi connectivity index (χ3n) is 5.07. The second-order valence-corrected chi connectivity index (χ2v) is 7.06. The molecular formula is C21H20N4O5. The Morgan fingerprint density at radius 2 is 1.77 bits per heavy atom. The summed E-state index contributed by atoms with van der Waals surface area (Å²) in [6.45, 7) is 2.92. The van der Waals surface area contributed by atoms with E-state index in [4.69, 9.17) is 4.42 Å². The zero-order valence-electron chi connectivity index (χ0n) is 16.1. The van der Waals surface area contributed by atoms with Crippen LogP contribution < -0.4 is 15.8 Å². The quantitative estimate of drug-likeness (QED) is 0.392. The minimum atomic E-state index is -0.481. The molecule has 0 aliphatic carbocycles. The molecule has 1 aliphatic heterocycles. The predicted molar refractivity (Wildman–Crippen MR) is 113 cm³/mol. The van der Waals surface area contributed by atoms with Gasteiger partial charge in [-0.3, -0.25) is 19.8 Å². The molecule has 154 valence electrons. The van der Waals surface area contributed by atoms with Gasteiger partial charge in [0.2, 0.25) is 5.91 Å². The summed E-state index contributed by atoms with van der Waals surface area (Å²) in [4.78, 5) is 38.6. The Hall–Kier alpha value is -3.72. The van der Waals surface area contributed by atoms with Crippen LogP contribution in [0.1, 0.15) is 0 Å². The average Bonchev–Trinajstić information content (AvgIpc) is 2.74. The molecule has 1 fully saturated rings. The van der Waals surface area contributed by atoms with Crippen molar-refractivity contribution in [3.63, 3.8) is 0 Å². The zero-order chi connectivity index (χ0) is 21.1. The van der Waals surface area contributed by atoms with Crippen LogP contribution in [-0.2, 0) is 4.79 Å². The van der Waals surface area contributed by atoms with Crippen LogP contribution in [0, 0.1) is 10.1 Å². The van der Waals surface area contributed by atoms with Gasteiger partial charge in [-0.25, -0.2) is 4.79 Å². The van der Waals surface area contributed by atoms with E-state index in [1.807, 2.05) is 23.1 Å². The molecule has 0 spiro atoms. The standard InChI is InChI=1S/C21H20N4O5/c26-20(22-15-5-7-16(8-6-15)25(28)29)14-23-9-11-24(12-10-23)18-13-21(27)30-19-4-2-1-3-17(18)19/h1-8,13H,9-12,14H2,(H,22,26). The first-order valence-electron chi connectivity index (χ1n) is 9.54. The molecule has 1 aliphatic rings. The van der Waals surface area contributed by atoms with Gasteiger partial charge in [0.25, 0.3) is 5.69 Å². The molecule has 1 amide bonds. The molecule has 9 heteroatoms. The molecule has 1 N–H and O–H groups in total. The number of fused-ring (bicyclic) bond motifs is 1. The number of rotatable bonds is 5. The summed E-state index contributed by atoms with van der Waals surface area (Å²) < 4.78 is 5.26. The lowest BCUT2D eigenvalue weighted by atomic mass is 10.1. The maximum Gasteiger partial charge on any atom is 0.338 e. The van der Waals surface area contributed by atoms with Gasteiger partial charge >= 0.3 is 5.63 Å². The van der Waals surface area contributed by atoms with Crippen LogP contribution in [0.4, 0.5) is 17.1 Å². The number of benzene rings is 2. The summed E-state index contributed by atoms with van der Waals surface area (Å²) in [5, 5.41) is 14.4. The van der Waals surface area contributed by atoms with Gasteiger partial charge in [0.15, 0.2) is 0 Å². The number of nitro groups is 1. The number of nitrogens with zero attached hydrogens (tertiary/aromatic N) is 3. The lowest BCUT2D eigenvalue weighted by molar-refractivity contribution is -0.384. The second-order valence-electron chi connectivity index (χ2n) is 7.06. The molecular weight excluding hydrogens is 388 g/mol. The number of non-ortho nitro benzene ring substituents is 1. The van der Waals surface area contributed by atoms with Gasteiger partial charge < -0.3 is 14.6 Å². The monoisotopic (exact) mass is 408 g/mol. The first kappa shape index (κ1) is 19.6. The van der Waals surface area contributed by atoms with E-state index in [0.717, 1.165) is 11.1 Å². The van der Waals surface area contributed by atoms with E-state index >= 15 is 0 Å². The van der Waals surface area contributed by atoms with Gasteiger partial charge in [0.05, 0.1) is 17.2 Å². The largest absolute Gasteiger partial charge is 0.423 e. The summed E-state index contributed by atoms with van der Waals surface area (Å²) in [6, 6.07) is 14.7. The highest BCUT2D eigenvalue weighted by Gasteiger charge is 2.21. The van der Waals surface area contributed by atoms with Gasteiger partial charge in [0, 0.05) is 55.5 Å². The normalized spacial score (nSPS) is 14.6. The van der Waals surface area contributed by atoms with Crippen molar-refractivity contribution >= 4 is 33.9 Å². The number of piperazine rings is 1. The summed E-state index contributed by atoms with van der Waals surface area (Å²) in [5.74, 6) is -0.178. The molecule has 2 aromatic carbocycles. The van der Waals surface area contributed by atoms with Gasteiger partial charge in [-0.05, 0) is 24.3 Å². The van der Waals surface area contributed by atoms with Crippen molar-refractivity contribution < 1.29 is 14.1 Å². The fourth-order valence-electron chi connectivity index (χ4n) is 3.57. The van der Waals surface area contributed by atoms with Crippen molar-refractivity contribution in [2.75, 3.05) is 42.9 Å². The molecule has 4 rings (SSSR count). The molecule has 0 saturated carbocycles. The predicted octanol–water partition coefficient (Wildman–Crippen LogP) is 2.46. The summed E-state index contributed by atoms with van der Waals surface area (Å²) in [7, 11) is 0. The average molecular weight is 408 g/mol. The molecule has 1 aromatic heterocycles. The Balaban J connectivity index is 1.35. The summed E-state index contributed by atoms with van der Waals surface area (Å²) in [6.07, 6.45) is 0. The van der Waals surface area contributed by atoms with Gasteiger partial charge in [-0.1, -0.05) is 12.1 Å². The highest BCUT2D eigenvalue weighted by atomic mass is 16.6. The Bertz CT molecular complexity index is 1130. The molecule has 9 nitrogen and oxygen atoms in total. The van der Waals surface area contributed by atoms with Gasteiger partial charge in [-0.15, -0.1) is 0 Å². The first-order chi connectivity index (χ1) is 14.5. The molecule has 2 heterocycles. The van der Waals surface area contributed by atoms with Crippen molar-refractivity contribution in [1.29, 1.82) is 0 Å². The summed E-state index contributed by atoms with van der Waals surface area (Å²) >= 11 is 0. The number of hydrogen-bond donors (Lipinski definition) is 1.